The third kappa shape index (κ3) is 2.22. The first-order chi connectivity index (χ1) is 11.5. The molecule has 1 saturated heterocycles. The van der Waals surface area contributed by atoms with Crippen molar-refractivity contribution in [3.05, 3.63) is 28.9 Å². The van der Waals surface area contributed by atoms with E-state index in [4.69, 9.17) is 21.2 Å². The van der Waals surface area contributed by atoms with E-state index < -0.39 is 30.7 Å². The largest absolute Gasteiger partial charge is 0.314 e. The number of nitrogens with one attached hydrogen (secondary N) is 1. The zero-order valence-electron chi connectivity index (χ0n) is 16.9. The number of piperidine rings is 1. The molecule has 0 aliphatic carbocycles. The lowest BCUT2D eigenvalue weighted by molar-refractivity contribution is 0.397. The van der Waals surface area contributed by atoms with E-state index in [9.17, 15) is 0 Å². The molecule has 0 radical (unpaired) electrons. The second kappa shape index (κ2) is 4.86. The molecular formula is C13H17ClN4. The van der Waals surface area contributed by atoms with Gasteiger partial charge in [0.2, 0.25) is 0 Å². The van der Waals surface area contributed by atoms with Crippen LogP contribution in [0.25, 0.3) is 5.65 Å². The van der Waals surface area contributed by atoms with E-state index in [-0.39, 0.29) is 29.9 Å². The molecule has 96 valence electrons. The molecular weight excluding hydrogens is 248 g/mol. The minimum atomic E-state index is -2.59. The van der Waals surface area contributed by atoms with Gasteiger partial charge in [-0.1, -0.05) is 18.0 Å². The molecule has 3 rings (SSSR count). The average molecular weight is 272 g/mol. The van der Waals surface area contributed by atoms with Gasteiger partial charge in [0.1, 0.15) is 14.1 Å². The lowest BCUT2D eigenvalue weighted by Crippen LogP contribution is -2.35. The number of hydrogen-bond acceptors (Lipinski definition) is 3. The highest BCUT2D eigenvalue weighted by Crippen LogP contribution is 2.20. The van der Waals surface area contributed by atoms with E-state index in [1.54, 1.807) is 6.92 Å². The van der Waals surface area contributed by atoms with Crippen molar-refractivity contribution in [2.24, 2.45) is 0 Å². The Morgan fingerprint density at radius 2 is 2.72 bits per heavy atom. The van der Waals surface area contributed by atoms with Crippen molar-refractivity contribution in [2.75, 3.05) is 6.54 Å². The second-order valence-electron chi connectivity index (χ2n) is 4.08. The summed E-state index contributed by atoms with van der Waals surface area (Å²) in [7, 11) is 0. The zero-order valence-corrected chi connectivity index (χ0v) is 10.6. The van der Waals surface area contributed by atoms with Crippen LogP contribution in [-0.4, -0.2) is 26.9 Å². The van der Waals surface area contributed by atoms with Crippen molar-refractivity contribution in [3.63, 3.8) is 0 Å². The van der Waals surface area contributed by atoms with E-state index in [0.29, 0.717) is 12.1 Å². The van der Waals surface area contributed by atoms with Crippen molar-refractivity contribution in [1.29, 1.82) is 0 Å². The maximum Gasteiger partial charge on any atom is 0.158 e. The second-order valence-corrected chi connectivity index (χ2v) is 4.46. The van der Waals surface area contributed by atoms with Crippen LogP contribution in [0.15, 0.2) is 12.5 Å². The van der Waals surface area contributed by atoms with Crippen molar-refractivity contribution in [1.82, 2.24) is 19.7 Å². The summed E-state index contributed by atoms with van der Waals surface area (Å²) in [5.74, 6) is 0. The van der Waals surface area contributed by atoms with E-state index in [2.05, 4.69) is 9.97 Å². The number of imidazole rings is 1. The molecule has 0 bridgehead atoms. The molecule has 0 aromatic carbocycles. The van der Waals surface area contributed by atoms with Gasteiger partial charge >= 0.3 is 0 Å². The van der Waals surface area contributed by atoms with Crippen LogP contribution < -0.4 is 5.31 Å². The van der Waals surface area contributed by atoms with Gasteiger partial charge in [-0.2, -0.15) is 0 Å². The van der Waals surface area contributed by atoms with Crippen LogP contribution >= 0.6 is 11.6 Å². The van der Waals surface area contributed by atoms with Crippen molar-refractivity contribution < 1.29 is 9.64 Å². The van der Waals surface area contributed by atoms with Crippen LogP contribution in [0.5, 0.6) is 0 Å². The Kier molecular flexibility index (Phi) is 1.71. The predicted octanol–water partition coefficient (Wildman–Crippen LogP) is 2.38. The van der Waals surface area contributed by atoms with Crippen LogP contribution in [0.1, 0.15) is 38.9 Å². The first-order valence-electron chi connectivity index (χ1n) is 9.27. The summed E-state index contributed by atoms with van der Waals surface area (Å²) in [5, 5.41) is 0.851. The molecule has 0 spiro atoms. The van der Waals surface area contributed by atoms with Crippen LogP contribution in [-0.2, 0) is 6.37 Å². The van der Waals surface area contributed by atoms with E-state index in [0.717, 1.165) is 9.71 Å². The molecule has 1 unspecified atom stereocenters. The first kappa shape index (κ1) is 6.35. The molecule has 5 heteroatoms. The topological polar surface area (TPSA) is 42.2 Å². The fraction of sp³-hybridized carbons (Fsp3) is 0.538. The lowest BCUT2D eigenvalue weighted by Gasteiger charge is -2.22. The van der Waals surface area contributed by atoms with Gasteiger partial charge in [0, 0.05) is 24.0 Å². The summed E-state index contributed by atoms with van der Waals surface area (Å²) >= 11 is 6.14. The molecule has 0 saturated carbocycles. The molecule has 1 fully saturated rings. The Bertz CT molecular complexity index is 830. The summed E-state index contributed by atoms with van der Waals surface area (Å²) < 4.78 is 58.7. The molecule has 3 heterocycles. The molecule has 1 aliphatic heterocycles. The van der Waals surface area contributed by atoms with Gasteiger partial charge in [-0.05, 0) is 26.3 Å². The van der Waals surface area contributed by atoms with Crippen LogP contribution in [0.4, 0.5) is 0 Å². The Balaban J connectivity index is 2.26. The van der Waals surface area contributed by atoms with Gasteiger partial charge in [-0.15, -0.1) is 0 Å². The molecule has 2 atom stereocenters. The molecule has 18 heavy (non-hydrogen) atoms. The summed E-state index contributed by atoms with van der Waals surface area (Å²) in [4.78, 5) is 7.99. The number of rotatable bonds is 2. The molecule has 4 nitrogen and oxygen atoms in total. The SMILES string of the molecule is [2H]c1nc(C)c(Cl)c2nc(C([2H])([2H])[C@]3([2H])C([2H])CCCN3[2H])c([2H])n12. The Hall–Kier alpha value is -1.13. The lowest BCUT2D eigenvalue weighted by atomic mass is 10.0. The number of hydrogen-bond donors (Lipinski definition) is 1. The van der Waals surface area contributed by atoms with Crippen LogP contribution in [0, 0.1) is 6.92 Å². The minimum Gasteiger partial charge on any atom is -0.314 e. The summed E-state index contributed by atoms with van der Waals surface area (Å²) in [6.07, 6.45) is -3.72. The number of nitrogens with zero attached hydrogens (tertiary/aromatic N) is 3. The van der Waals surface area contributed by atoms with E-state index >= 15 is 0 Å². The van der Waals surface area contributed by atoms with Gasteiger partial charge in [0.05, 0.1) is 12.8 Å². The van der Waals surface area contributed by atoms with Gasteiger partial charge in [0.25, 0.3) is 0 Å². The summed E-state index contributed by atoms with van der Waals surface area (Å²) in [5.41, 5.74) is -0.0720. The molecule has 1 aliphatic rings. The predicted molar refractivity (Wildman–Crippen MR) is 72.1 cm³/mol. The molecule has 0 amide bonds. The van der Waals surface area contributed by atoms with Crippen LogP contribution in [0.3, 0.4) is 0 Å². The van der Waals surface area contributed by atoms with Crippen LogP contribution in [0.2, 0.25) is 6.43 Å². The van der Waals surface area contributed by atoms with Crippen molar-refractivity contribution in [2.45, 2.75) is 38.6 Å². The van der Waals surface area contributed by atoms with Crippen molar-refractivity contribution in [3.8, 4) is 0 Å². The van der Waals surface area contributed by atoms with Gasteiger partial charge < -0.3 is 5.31 Å². The zero-order chi connectivity index (χ0) is 18.7. The normalized spacial score (nSPS) is 36.1. The highest BCUT2D eigenvalue weighted by molar-refractivity contribution is 6.34. The highest BCUT2D eigenvalue weighted by Gasteiger charge is 2.15. The summed E-state index contributed by atoms with van der Waals surface area (Å²) in [6.45, 7) is 1.73. The van der Waals surface area contributed by atoms with Crippen molar-refractivity contribution >= 4 is 17.2 Å². The first-order valence-corrected chi connectivity index (χ1v) is 6.12. The minimum absolute atomic E-state index is 0.0144. The fourth-order valence-corrected chi connectivity index (χ4v) is 1.93. The number of aryl methyl sites for hydroxylation is 1. The Morgan fingerprint density at radius 3 is 3.56 bits per heavy atom. The smallest absolute Gasteiger partial charge is 0.158 e. The van der Waals surface area contributed by atoms with Gasteiger partial charge in [-0.3, -0.25) is 4.40 Å². The standard InChI is InChI=1S/C13H17ClN4/c1-9-12(14)13-17-11(7-18(13)8-16-9)6-10-4-2-3-5-15-10/h7-8,10,15H,2-6H2,1H3/t10-/m0/s1/i4D,6D2,7D,8D,10D/hD/t4?,10-. The maximum atomic E-state index is 8.54. The van der Waals surface area contributed by atoms with Gasteiger partial charge in [0.15, 0.2) is 5.65 Å². The molecule has 2 aromatic heterocycles. The third-order valence-electron chi connectivity index (χ3n) is 2.71. The quantitative estimate of drug-likeness (QED) is 0.912. The van der Waals surface area contributed by atoms with Gasteiger partial charge in [-0.25, -0.2) is 9.97 Å². The monoisotopic (exact) mass is 271 g/mol. The number of halogens is 1. The highest BCUT2D eigenvalue weighted by atomic mass is 35.5. The Labute approximate surface area is 121 Å². The third-order valence-corrected chi connectivity index (χ3v) is 3.15. The van der Waals surface area contributed by atoms with E-state index in [1.165, 1.54) is 0 Å². The fourth-order valence-electron chi connectivity index (χ4n) is 1.76. The Morgan fingerprint density at radius 1 is 1.83 bits per heavy atom. The van der Waals surface area contributed by atoms with E-state index in [1.807, 2.05) is 0 Å². The summed E-state index contributed by atoms with van der Waals surface area (Å²) in [6, 6.07) is -2.23. The molecule has 2 aromatic rings. The average Bonchev–Trinajstić information content (AvgIpc) is 2.89. The maximum absolute atomic E-state index is 8.54. The number of fused-ring (bicyclic) bond motifs is 1. The number of aromatic nitrogens is 3. The molecule has 1 N–H and O–H groups in total.